The highest BCUT2D eigenvalue weighted by molar-refractivity contribution is 7.98. The Bertz CT molecular complexity index is 273. The minimum Gasteiger partial charge on any atom is -0.382 e. The van der Waals surface area contributed by atoms with E-state index in [1.54, 1.807) is 11.8 Å². The van der Waals surface area contributed by atoms with Crippen molar-refractivity contribution in [2.75, 3.05) is 12.0 Å². The summed E-state index contributed by atoms with van der Waals surface area (Å²) >= 11 is 1.59. The van der Waals surface area contributed by atoms with Crippen LogP contribution in [0.15, 0.2) is 5.03 Å². The van der Waals surface area contributed by atoms with E-state index in [0.29, 0.717) is 5.82 Å². The summed E-state index contributed by atoms with van der Waals surface area (Å²) < 4.78 is 0. The van der Waals surface area contributed by atoms with Crippen LogP contribution in [0, 0.1) is 13.8 Å². The van der Waals surface area contributed by atoms with Gasteiger partial charge in [-0.05, 0) is 31.2 Å². The second-order valence-electron chi connectivity index (χ2n) is 2.34. The molecular formula is C7H11N3S. The lowest BCUT2D eigenvalue weighted by molar-refractivity contribution is 0.902. The summed E-state index contributed by atoms with van der Waals surface area (Å²) in [6, 6.07) is 0. The van der Waals surface area contributed by atoms with Crippen molar-refractivity contribution >= 4 is 17.6 Å². The van der Waals surface area contributed by atoms with Gasteiger partial charge in [0, 0.05) is 0 Å². The SMILES string of the molecule is CSc1nnc(N)c(C)c1C. The molecule has 0 saturated heterocycles. The van der Waals surface area contributed by atoms with E-state index in [4.69, 9.17) is 5.73 Å². The van der Waals surface area contributed by atoms with Crippen molar-refractivity contribution in [3.8, 4) is 0 Å². The van der Waals surface area contributed by atoms with Gasteiger partial charge >= 0.3 is 0 Å². The van der Waals surface area contributed by atoms with Gasteiger partial charge in [-0.25, -0.2) is 0 Å². The highest BCUT2D eigenvalue weighted by atomic mass is 32.2. The molecular weight excluding hydrogens is 158 g/mol. The van der Waals surface area contributed by atoms with E-state index in [9.17, 15) is 0 Å². The normalized spacial score (nSPS) is 10.1. The van der Waals surface area contributed by atoms with Crippen LogP contribution in [-0.4, -0.2) is 16.5 Å². The van der Waals surface area contributed by atoms with Gasteiger partial charge in [-0.1, -0.05) is 0 Å². The van der Waals surface area contributed by atoms with E-state index in [1.807, 2.05) is 20.1 Å². The molecule has 2 N–H and O–H groups in total. The van der Waals surface area contributed by atoms with E-state index in [2.05, 4.69) is 10.2 Å². The second kappa shape index (κ2) is 3.09. The number of aromatic nitrogens is 2. The van der Waals surface area contributed by atoms with E-state index in [1.165, 1.54) is 0 Å². The van der Waals surface area contributed by atoms with Crippen LogP contribution in [0.25, 0.3) is 0 Å². The maximum atomic E-state index is 5.56. The summed E-state index contributed by atoms with van der Waals surface area (Å²) in [5.74, 6) is 0.528. The molecule has 0 aliphatic heterocycles. The fourth-order valence-electron chi connectivity index (χ4n) is 0.796. The molecule has 0 aromatic carbocycles. The maximum Gasteiger partial charge on any atom is 0.149 e. The van der Waals surface area contributed by atoms with Crippen molar-refractivity contribution in [2.45, 2.75) is 18.9 Å². The lowest BCUT2D eigenvalue weighted by atomic mass is 10.2. The molecule has 60 valence electrons. The molecule has 11 heavy (non-hydrogen) atoms. The summed E-state index contributed by atoms with van der Waals surface area (Å²) in [6.07, 6.45) is 1.98. The molecule has 0 saturated carbocycles. The molecule has 0 atom stereocenters. The van der Waals surface area contributed by atoms with Crippen LogP contribution in [0.1, 0.15) is 11.1 Å². The zero-order chi connectivity index (χ0) is 8.43. The maximum absolute atomic E-state index is 5.56. The molecule has 1 aromatic rings. The minimum atomic E-state index is 0.528. The Morgan fingerprint density at radius 2 is 1.82 bits per heavy atom. The van der Waals surface area contributed by atoms with Gasteiger partial charge in [0.2, 0.25) is 0 Å². The first-order chi connectivity index (χ1) is 5.16. The first-order valence-electron chi connectivity index (χ1n) is 3.30. The molecule has 0 fully saturated rings. The van der Waals surface area contributed by atoms with Crippen LogP contribution in [0.4, 0.5) is 5.82 Å². The molecule has 0 unspecified atom stereocenters. The molecule has 0 aliphatic carbocycles. The Morgan fingerprint density at radius 3 is 2.36 bits per heavy atom. The van der Waals surface area contributed by atoms with Gasteiger partial charge in [0.25, 0.3) is 0 Å². The van der Waals surface area contributed by atoms with Gasteiger partial charge in [0.05, 0.1) is 0 Å². The molecule has 1 heterocycles. The van der Waals surface area contributed by atoms with Crippen molar-refractivity contribution in [3.05, 3.63) is 11.1 Å². The van der Waals surface area contributed by atoms with Gasteiger partial charge < -0.3 is 5.73 Å². The second-order valence-corrected chi connectivity index (χ2v) is 3.14. The molecule has 0 radical (unpaired) electrons. The Kier molecular flexibility index (Phi) is 2.34. The number of hydrogen-bond donors (Lipinski definition) is 1. The zero-order valence-corrected chi connectivity index (χ0v) is 7.70. The van der Waals surface area contributed by atoms with Crippen molar-refractivity contribution in [3.63, 3.8) is 0 Å². The largest absolute Gasteiger partial charge is 0.382 e. The van der Waals surface area contributed by atoms with Gasteiger partial charge in [-0.3, -0.25) is 0 Å². The molecule has 0 bridgehead atoms. The van der Waals surface area contributed by atoms with Gasteiger partial charge in [0.1, 0.15) is 10.8 Å². The third kappa shape index (κ3) is 1.45. The molecule has 0 spiro atoms. The predicted octanol–water partition coefficient (Wildman–Crippen LogP) is 1.40. The van der Waals surface area contributed by atoms with Crippen LogP contribution in [-0.2, 0) is 0 Å². The van der Waals surface area contributed by atoms with E-state index in [0.717, 1.165) is 16.2 Å². The van der Waals surface area contributed by atoms with Crippen LogP contribution >= 0.6 is 11.8 Å². The van der Waals surface area contributed by atoms with Gasteiger partial charge in [-0.2, -0.15) is 0 Å². The third-order valence-corrected chi connectivity index (χ3v) is 2.48. The first-order valence-corrected chi connectivity index (χ1v) is 4.52. The monoisotopic (exact) mass is 169 g/mol. The highest BCUT2D eigenvalue weighted by Crippen LogP contribution is 2.21. The van der Waals surface area contributed by atoms with Gasteiger partial charge in [-0.15, -0.1) is 22.0 Å². The Balaban J connectivity index is 3.25. The fourth-order valence-corrected chi connectivity index (χ4v) is 1.38. The number of nitrogen functional groups attached to an aromatic ring is 1. The first kappa shape index (κ1) is 8.33. The lowest BCUT2D eigenvalue weighted by Crippen LogP contribution is -2.00. The van der Waals surface area contributed by atoms with Crippen LogP contribution in [0.2, 0.25) is 0 Å². The third-order valence-electron chi connectivity index (χ3n) is 1.71. The fraction of sp³-hybridized carbons (Fsp3) is 0.429. The van der Waals surface area contributed by atoms with E-state index < -0.39 is 0 Å². The molecule has 4 heteroatoms. The standard InChI is InChI=1S/C7H11N3S/c1-4-5(2)7(11-3)10-9-6(4)8/h1-3H3,(H2,8,9). The Labute approximate surface area is 70.4 Å². The molecule has 0 aliphatic rings. The number of nitrogens with zero attached hydrogens (tertiary/aromatic N) is 2. The van der Waals surface area contributed by atoms with E-state index >= 15 is 0 Å². The molecule has 3 nitrogen and oxygen atoms in total. The van der Waals surface area contributed by atoms with Crippen molar-refractivity contribution in [1.29, 1.82) is 0 Å². The molecule has 1 aromatic heterocycles. The number of thioether (sulfide) groups is 1. The summed E-state index contributed by atoms with van der Waals surface area (Å²) in [5.41, 5.74) is 7.72. The lowest BCUT2D eigenvalue weighted by Gasteiger charge is -2.04. The van der Waals surface area contributed by atoms with Gasteiger partial charge in [0.15, 0.2) is 0 Å². The number of rotatable bonds is 1. The summed E-state index contributed by atoms with van der Waals surface area (Å²) in [7, 11) is 0. The molecule has 0 amide bonds. The highest BCUT2D eigenvalue weighted by Gasteiger charge is 2.04. The summed E-state index contributed by atoms with van der Waals surface area (Å²) in [5, 5.41) is 8.72. The van der Waals surface area contributed by atoms with Crippen LogP contribution in [0.5, 0.6) is 0 Å². The van der Waals surface area contributed by atoms with Crippen LogP contribution in [0.3, 0.4) is 0 Å². The smallest absolute Gasteiger partial charge is 0.149 e. The van der Waals surface area contributed by atoms with E-state index in [-0.39, 0.29) is 0 Å². The average molecular weight is 169 g/mol. The number of anilines is 1. The minimum absolute atomic E-state index is 0.528. The van der Waals surface area contributed by atoms with Crippen LogP contribution < -0.4 is 5.73 Å². The van der Waals surface area contributed by atoms with Crippen molar-refractivity contribution in [1.82, 2.24) is 10.2 Å². The quantitative estimate of drug-likeness (QED) is 0.645. The number of nitrogens with two attached hydrogens (primary N) is 1. The predicted molar refractivity (Wildman–Crippen MR) is 47.7 cm³/mol. The number of hydrogen-bond acceptors (Lipinski definition) is 4. The zero-order valence-electron chi connectivity index (χ0n) is 6.88. The average Bonchev–Trinajstić information content (AvgIpc) is 2.01. The molecule has 1 rings (SSSR count). The topological polar surface area (TPSA) is 51.8 Å². The van der Waals surface area contributed by atoms with Crippen molar-refractivity contribution < 1.29 is 0 Å². The summed E-state index contributed by atoms with van der Waals surface area (Å²) in [6.45, 7) is 3.96. The van der Waals surface area contributed by atoms with Crippen molar-refractivity contribution in [2.24, 2.45) is 0 Å². The Hall–Kier alpha value is -0.770. The Morgan fingerprint density at radius 1 is 1.18 bits per heavy atom. The summed E-state index contributed by atoms with van der Waals surface area (Å²) in [4.78, 5) is 0.